The highest BCUT2D eigenvalue weighted by Gasteiger charge is 2.22. The summed E-state index contributed by atoms with van der Waals surface area (Å²) >= 11 is 5.81. The number of nitro benzene ring substituents is 1. The quantitative estimate of drug-likeness (QED) is 0.183. The van der Waals surface area contributed by atoms with Gasteiger partial charge >= 0.3 is 5.97 Å². The molecular weight excluding hydrogens is 452 g/mol. The smallest absolute Gasteiger partial charge is 0.340 e. The summed E-state index contributed by atoms with van der Waals surface area (Å²) in [4.78, 5) is 48.6. The maximum Gasteiger partial charge on any atom is 0.340 e. The number of carbonyl (C=O) groups is 2. The first kappa shape index (κ1) is 21.8. The summed E-state index contributed by atoms with van der Waals surface area (Å²) in [5.74, 6) is -1.52. The van der Waals surface area contributed by atoms with Crippen molar-refractivity contribution in [1.29, 1.82) is 0 Å². The lowest BCUT2D eigenvalue weighted by Gasteiger charge is -2.10. The predicted octanol–water partition coefficient (Wildman–Crippen LogP) is 3.40. The van der Waals surface area contributed by atoms with Gasteiger partial charge in [0.15, 0.2) is 12.5 Å². The third kappa shape index (κ3) is 4.32. The van der Waals surface area contributed by atoms with Crippen molar-refractivity contribution in [2.45, 2.75) is 6.73 Å². The third-order valence-corrected chi connectivity index (χ3v) is 5.06. The van der Waals surface area contributed by atoms with Gasteiger partial charge in [0.05, 0.1) is 15.9 Å². The molecule has 0 unspecified atom stereocenters. The van der Waals surface area contributed by atoms with Gasteiger partial charge in [-0.15, -0.1) is 5.10 Å². The van der Waals surface area contributed by atoms with E-state index in [0.717, 1.165) is 10.7 Å². The molecule has 1 heterocycles. The molecular formula is C22H13ClN4O6. The van der Waals surface area contributed by atoms with Gasteiger partial charge < -0.3 is 4.74 Å². The molecule has 4 aromatic rings. The van der Waals surface area contributed by atoms with E-state index in [9.17, 15) is 24.5 Å². The fourth-order valence-electron chi connectivity index (χ4n) is 3.11. The van der Waals surface area contributed by atoms with E-state index >= 15 is 0 Å². The van der Waals surface area contributed by atoms with Crippen molar-refractivity contribution >= 4 is 39.9 Å². The van der Waals surface area contributed by atoms with Crippen LogP contribution in [0.25, 0.3) is 10.9 Å². The molecule has 0 radical (unpaired) electrons. The molecule has 0 N–H and O–H groups in total. The van der Waals surface area contributed by atoms with Crippen molar-refractivity contribution in [3.63, 3.8) is 0 Å². The number of halogens is 1. The molecule has 0 atom stereocenters. The van der Waals surface area contributed by atoms with Crippen LogP contribution in [0.15, 0.2) is 71.5 Å². The molecule has 10 nitrogen and oxygen atoms in total. The number of fused-ring (bicyclic) bond motifs is 1. The van der Waals surface area contributed by atoms with Gasteiger partial charge in [-0.1, -0.05) is 47.1 Å². The fourth-order valence-corrected chi connectivity index (χ4v) is 3.30. The molecule has 0 aliphatic heterocycles. The lowest BCUT2D eigenvalue weighted by molar-refractivity contribution is -0.384. The number of carbonyl (C=O) groups excluding carboxylic acids is 2. The summed E-state index contributed by atoms with van der Waals surface area (Å²) in [5, 5.41) is 19.0. The predicted molar refractivity (Wildman–Crippen MR) is 117 cm³/mol. The number of nitro groups is 1. The molecule has 3 aromatic carbocycles. The maximum atomic E-state index is 13.0. The van der Waals surface area contributed by atoms with E-state index in [1.165, 1.54) is 36.4 Å². The Hall–Kier alpha value is -4.44. The van der Waals surface area contributed by atoms with E-state index < -0.39 is 34.7 Å². The Balaban J connectivity index is 1.60. The minimum Gasteiger partial charge on any atom is -0.439 e. The average molecular weight is 465 g/mol. The van der Waals surface area contributed by atoms with Crippen LogP contribution in [0.1, 0.15) is 26.3 Å². The summed E-state index contributed by atoms with van der Waals surface area (Å²) in [6, 6.07) is 16.0. The van der Waals surface area contributed by atoms with Crippen LogP contribution < -0.4 is 5.56 Å². The summed E-state index contributed by atoms with van der Waals surface area (Å²) in [7, 11) is 0. The molecule has 0 spiro atoms. The van der Waals surface area contributed by atoms with Crippen LogP contribution in [0, 0.1) is 10.1 Å². The Bertz CT molecular complexity index is 1480. The lowest BCUT2D eigenvalue weighted by atomic mass is 9.98. The summed E-state index contributed by atoms with van der Waals surface area (Å²) in [5.41, 5.74) is -0.665. The standard InChI is InChI=1S/C22H13ClN4O6/c23-17-10-9-13(11-19(17)27(31)32)20(28)14-5-1-2-6-15(14)22(30)33-12-26-21(29)16-7-3-4-8-18(16)24-25-26/h1-11H,12H2. The molecule has 4 rings (SSSR count). The molecule has 0 aliphatic rings. The Morgan fingerprint density at radius 2 is 1.73 bits per heavy atom. The fraction of sp³-hybridized carbons (Fsp3) is 0.0455. The Morgan fingerprint density at radius 1 is 1.03 bits per heavy atom. The van der Waals surface area contributed by atoms with Crippen LogP contribution in [0.3, 0.4) is 0 Å². The molecule has 11 heteroatoms. The number of esters is 1. The first-order valence-electron chi connectivity index (χ1n) is 9.44. The van der Waals surface area contributed by atoms with Gasteiger partial charge in [0.2, 0.25) is 0 Å². The Kier molecular flexibility index (Phi) is 5.92. The minimum atomic E-state index is -0.885. The third-order valence-electron chi connectivity index (χ3n) is 4.74. The van der Waals surface area contributed by atoms with E-state index in [2.05, 4.69) is 10.3 Å². The second kappa shape index (κ2) is 8.97. The van der Waals surface area contributed by atoms with Gasteiger partial charge in [-0.25, -0.2) is 4.79 Å². The zero-order valence-electron chi connectivity index (χ0n) is 16.7. The topological polar surface area (TPSA) is 134 Å². The number of hydrogen-bond donors (Lipinski definition) is 0. The van der Waals surface area contributed by atoms with Crippen molar-refractivity contribution in [3.05, 3.63) is 109 Å². The monoisotopic (exact) mass is 464 g/mol. The van der Waals surface area contributed by atoms with E-state index in [-0.39, 0.29) is 21.7 Å². The van der Waals surface area contributed by atoms with Gasteiger partial charge in [0, 0.05) is 17.2 Å². The largest absolute Gasteiger partial charge is 0.439 e. The van der Waals surface area contributed by atoms with Crippen LogP contribution in [-0.4, -0.2) is 31.7 Å². The van der Waals surface area contributed by atoms with Crippen LogP contribution in [0.2, 0.25) is 5.02 Å². The average Bonchev–Trinajstić information content (AvgIpc) is 2.83. The van der Waals surface area contributed by atoms with Crippen molar-refractivity contribution in [3.8, 4) is 0 Å². The van der Waals surface area contributed by atoms with E-state index in [1.54, 1.807) is 24.3 Å². The summed E-state index contributed by atoms with van der Waals surface area (Å²) < 4.78 is 6.07. The number of hydrogen-bond acceptors (Lipinski definition) is 8. The second-order valence-electron chi connectivity index (χ2n) is 6.77. The second-order valence-corrected chi connectivity index (χ2v) is 7.18. The molecule has 0 saturated carbocycles. The molecule has 0 aliphatic carbocycles. The van der Waals surface area contributed by atoms with E-state index in [0.29, 0.717) is 10.9 Å². The van der Waals surface area contributed by atoms with Gasteiger partial charge in [0.25, 0.3) is 11.2 Å². The van der Waals surface area contributed by atoms with Gasteiger partial charge in [-0.05, 0) is 30.3 Å². The summed E-state index contributed by atoms with van der Waals surface area (Å²) in [6.07, 6.45) is 0. The van der Waals surface area contributed by atoms with Gasteiger partial charge in [-0.3, -0.25) is 19.7 Å². The molecule has 1 aromatic heterocycles. The maximum absolute atomic E-state index is 13.0. The lowest BCUT2D eigenvalue weighted by Crippen LogP contribution is -2.27. The molecule has 0 fully saturated rings. The normalized spacial score (nSPS) is 10.7. The summed E-state index contributed by atoms with van der Waals surface area (Å²) in [6.45, 7) is -0.523. The van der Waals surface area contributed by atoms with Gasteiger partial charge in [0.1, 0.15) is 10.5 Å². The minimum absolute atomic E-state index is 0.0250. The van der Waals surface area contributed by atoms with Crippen molar-refractivity contribution in [2.75, 3.05) is 0 Å². The number of ketones is 1. The highest BCUT2D eigenvalue weighted by atomic mass is 35.5. The zero-order valence-corrected chi connectivity index (χ0v) is 17.4. The van der Waals surface area contributed by atoms with Crippen molar-refractivity contribution in [1.82, 2.24) is 15.0 Å². The highest BCUT2D eigenvalue weighted by molar-refractivity contribution is 6.33. The molecule has 33 heavy (non-hydrogen) atoms. The van der Waals surface area contributed by atoms with Crippen LogP contribution in [0.4, 0.5) is 5.69 Å². The Labute approximate surface area is 190 Å². The van der Waals surface area contributed by atoms with E-state index in [4.69, 9.17) is 16.3 Å². The van der Waals surface area contributed by atoms with Crippen molar-refractivity contribution < 1.29 is 19.2 Å². The first-order chi connectivity index (χ1) is 15.9. The van der Waals surface area contributed by atoms with Crippen molar-refractivity contribution in [2.24, 2.45) is 0 Å². The number of aromatic nitrogens is 3. The molecule has 0 bridgehead atoms. The highest BCUT2D eigenvalue weighted by Crippen LogP contribution is 2.27. The van der Waals surface area contributed by atoms with Crippen LogP contribution in [0.5, 0.6) is 0 Å². The molecule has 164 valence electrons. The van der Waals surface area contributed by atoms with Crippen LogP contribution in [-0.2, 0) is 11.5 Å². The Morgan fingerprint density at radius 3 is 2.48 bits per heavy atom. The van der Waals surface area contributed by atoms with Gasteiger partial charge in [-0.2, -0.15) is 4.68 Å². The number of rotatable bonds is 6. The SMILES string of the molecule is O=C(OCn1nnc2ccccc2c1=O)c1ccccc1C(=O)c1ccc(Cl)c([N+](=O)[O-])c1. The van der Waals surface area contributed by atoms with E-state index in [1.807, 2.05) is 0 Å². The molecule has 0 saturated heterocycles. The number of nitrogens with zero attached hydrogens (tertiary/aromatic N) is 4. The number of ether oxygens (including phenoxy) is 1. The molecule has 0 amide bonds. The number of benzene rings is 3. The zero-order chi connectivity index (χ0) is 23.5. The first-order valence-corrected chi connectivity index (χ1v) is 9.82. The van der Waals surface area contributed by atoms with Crippen LogP contribution >= 0.6 is 11.6 Å².